The quantitative estimate of drug-likeness (QED) is 0.736. The maximum Gasteiger partial charge on any atom is 0.254 e. The molecule has 0 bridgehead atoms. The molecule has 0 saturated heterocycles. The standard InChI is InChI=1S/C13H19N3O2S/c1-2-9-7-10(12(18)15-6-5-14)13(19-9)16-11(17)8-3-4-8/h7-8H,2-6,14H2,1H3,(H,15,18)(H,16,17). The maximum absolute atomic E-state index is 12.0. The number of amides is 2. The summed E-state index contributed by atoms with van der Waals surface area (Å²) in [5.74, 6) is -0.0167. The summed E-state index contributed by atoms with van der Waals surface area (Å²) in [5, 5.41) is 6.26. The highest BCUT2D eigenvalue weighted by Crippen LogP contribution is 2.33. The molecule has 1 aromatic rings. The minimum absolute atomic E-state index is 0.0253. The Kier molecular flexibility index (Phi) is 4.55. The first kappa shape index (κ1) is 14.0. The average Bonchev–Trinajstić information content (AvgIpc) is 3.18. The number of hydrogen-bond donors (Lipinski definition) is 3. The van der Waals surface area contributed by atoms with E-state index >= 15 is 0 Å². The molecule has 5 nitrogen and oxygen atoms in total. The van der Waals surface area contributed by atoms with Gasteiger partial charge in [-0.25, -0.2) is 0 Å². The molecule has 2 rings (SSSR count). The second-order valence-electron chi connectivity index (χ2n) is 4.62. The van der Waals surface area contributed by atoms with Gasteiger partial charge in [0.05, 0.1) is 5.56 Å². The lowest BCUT2D eigenvalue weighted by molar-refractivity contribution is -0.117. The second kappa shape index (κ2) is 6.16. The van der Waals surface area contributed by atoms with Crippen molar-refractivity contribution in [3.63, 3.8) is 0 Å². The van der Waals surface area contributed by atoms with Gasteiger partial charge in [-0.05, 0) is 25.3 Å². The Morgan fingerprint density at radius 1 is 1.47 bits per heavy atom. The van der Waals surface area contributed by atoms with Crippen LogP contribution in [0.2, 0.25) is 0 Å². The number of nitrogens with two attached hydrogens (primary N) is 1. The normalized spacial score (nSPS) is 14.2. The predicted molar refractivity (Wildman–Crippen MR) is 76.4 cm³/mol. The van der Waals surface area contributed by atoms with Gasteiger partial charge in [0.1, 0.15) is 5.00 Å². The maximum atomic E-state index is 12.0. The highest BCUT2D eigenvalue weighted by atomic mass is 32.1. The SMILES string of the molecule is CCc1cc(C(=O)NCCN)c(NC(=O)C2CC2)s1. The fraction of sp³-hybridized carbons (Fsp3) is 0.538. The van der Waals surface area contributed by atoms with Crippen molar-refractivity contribution in [2.24, 2.45) is 11.7 Å². The van der Waals surface area contributed by atoms with E-state index in [0.717, 1.165) is 24.1 Å². The molecule has 1 aliphatic carbocycles. The van der Waals surface area contributed by atoms with E-state index in [1.54, 1.807) is 0 Å². The zero-order valence-corrected chi connectivity index (χ0v) is 11.8. The van der Waals surface area contributed by atoms with Crippen LogP contribution >= 0.6 is 11.3 Å². The summed E-state index contributed by atoms with van der Waals surface area (Å²) < 4.78 is 0. The molecule has 0 aromatic carbocycles. The molecule has 0 spiro atoms. The van der Waals surface area contributed by atoms with E-state index in [9.17, 15) is 9.59 Å². The molecule has 6 heteroatoms. The summed E-state index contributed by atoms with van der Waals surface area (Å²) in [7, 11) is 0. The molecular formula is C13H19N3O2S. The van der Waals surface area contributed by atoms with Crippen molar-refractivity contribution in [2.75, 3.05) is 18.4 Å². The summed E-state index contributed by atoms with van der Waals surface area (Å²) >= 11 is 1.47. The van der Waals surface area contributed by atoms with Crippen LogP contribution in [-0.2, 0) is 11.2 Å². The third-order valence-electron chi connectivity index (χ3n) is 2.99. The van der Waals surface area contributed by atoms with E-state index in [1.807, 2.05) is 13.0 Å². The summed E-state index contributed by atoms with van der Waals surface area (Å²) in [5.41, 5.74) is 5.92. The molecule has 1 saturated carbocycles. The van der Waals surface area contributed by atoms with Crippen LogP contribution in [0, 0.1) is 5.92 Å². The average molecular weight is 281 g/mol. The van der Waals surface area contributed by atoms with E-state index in [0.29, 0.717) is 23.7 Å². The van der Waals surface area contributed by atoms with E-state index in [-0.39, 0.29) is 17.7 Å². The number of anilines is 1. The molecule has 0 aliphatic heterocycles. The Labute approximate surface area is 116 Å². The lowest BCUT2D eigenvalue weighted by Gasteiger charge is -2.06. The highest BCUT2D eigenvalue weighted by molar-refractivity contribution is 7.16. The van der Waals surface area contributed by atoms with Gasteiger partial charge in [-0.2, -0.15) is 0 Å². The Hall–Kier alpha value is -1.40. The third-order valence-corrected chi connectivity index (χ3v) is 4.19. The van der Waals surface area contributed by atoms with Gasteiger partial charge >= 0.3 is 0 Å². The lowest BCUT2D eigenvalue weighted by atomic mass is 10.2. The van der Waals surface area contributed by atoms with Gasteiger partial charge in [0, 0.05) is 23.9 Å². The van der Waals surface area contributed by atoms with Crippen molar-refractivity contribution in [1.82, 2.24) is 5.32 Å². The lowest BCUT2D eigenvalue weighted by Crippen LogP contribution is -2.29. The molecule has 0 atom stereocenters. The molecule has 0 radical (unpaired) electrons. The smallest absolute Gasteiger partial charge is 0.254 e. The minimum Gasteiger partial charge on any atom is -0.351 e. The summed E-state index contributed by atoms with van der Waals surface area (Å²) in [4.78, 5) is 24.9. The number of nitrogens with one attached hydrogen (secondary N) is 2. The van der Waals surface area contributed by atoms with Crippen LogP contribution in [0.15, 0.2) is 6.07 Å². The molecule has 2 amide bonds. The Morgan fingerprint density at radius 3 is 2.79 bits per heavy atom. The summed E-state index contributed by atoms with van der Waals surface area (Å²) in [6, 6.07) is 1.85. The Morgan fingerprint density at radius 2 is 2.21 bits per heavy atom. The van der Waals surface area contributed by atoms with Gasteiger partial charge in [0.15, 0.2) is 0 Å². The summed E-state index contributed by atoms with van der Waals surface area (Å²) in [6.07, 6.45) is 2.75. The van der Waals surface area contributed by atoms with Crippen LogP contribution in [0.1, 0.15) is 35.0 Å². The number of aryl methyl sites for hydroxylation is 1. The van der Waals surface area contributed by atoms with Crippen molar-refractivity contribution >= 4 is 28.2 Å². The number of rotatable bonds is 6. The third kappa shape index (κ3) is 3.54. The van der Waals surface area contributed by atoms with Crippen molar-refractivity contribution in [3.05, 3.63) is 16.5 Å². The fourth-order valence-electron chi connectivity index (χ4n) is 1.72. The van der Waals surface area contributed by atoms with Crippen LogP contribution in [0.25, 0.3) is 0 Å². The van der Waals surface area contributed by atoms with Crippen LogP contribution in [0.5, 0.6) is 0 Å². The van der Waals surface area contributed by atoms with Gasteiger partial charge in [-0.15, -0.1) is 11.3 Å². The minimum atomic E-state index is -0.174. The van der Waals surface area contributed by atoms with Crippen molar-refractivity contribution in [2.45, 2.75) is 26.2 Å². The number of carbonyl (C=O) groups is 2. The van der Waals surface area contributed by atoms with Gasteiger partial charge in [0.2, 0.25) is 5.91 Å². The molecule has 1 aromatic heterocycles. The number of carbonyl (C=O) groups excluding carboxylic acids is 2. The van der Waals surface area contributed by atoms with E-state index in [2.05, 4.69) is 10.6 Å². The molecule has 1 fully saturated rings. The van der Waals surface area contributed by atoms with Crippen molar-refractivity contribution < 1.29 is 9.59 Å². The van der Waals surface area contributed by atoms with Crippen molar-refractivity contribution in [3.8, 4) is 0 Å². The van der Waals surface area contributed by atoms with Gasteiger partial charge in [-0.1, -0.05) is 6.92 Å². The molecule has 4 N–H and O–H groups in total. The fourth-order valence-corrected chi connectivity index (χ4v) is 2.71. The number of thiophene rings is 1. The molecule has 0 unspecified atom stereocenters. The van der Waals surface area contributed by atoms with E-state index < -0.39 is 0 Å². The Balaban J connectivity index is 2.12. The van der Waals surface area contributed by atoms with Crippen LogP contribution in [0.3, 0.4) is 0 Å². The second-order valence-corrected chi connectivity index (χ2v) is 5.75. The van der Waals surface area contributed by atoms with Crippen LogP contribution < -0.4 is 16.4 Å². The van der Waals surface area contributed by atoms with E-state index in [4.69, 9.17) is 5.73 Å². The first-order chi connectivity index (χ1) is 9.15. The van der Waals surface area contributed by atoms with E-state index in [1.165, 1.54) is 11.3 Å². The van der Waals surface area contributed by atoms with Crippen molar-refractivity contribution in [1.29, 1.82) is 0 Å². The topological polar surface area (TPSA) is 84.2 Å². The molecule has 1 heterocycles. The zero-order valence-electron chi connectivity index (χ0n) is 11.0. The largest absolute Gasteiger partial charge is 0.351 e. The van der Waals surface area contributed by atoms with Gasteiger partial charge in [0.25, 0.3) is 5.91 Å². The highest BCUT2D eigenvalue weighted by Gasteiger charge is 2.30. The summed E-state index contributed by atoms with van der Waals surface area (Å²) in [6.45, 7) is 2.87. The first-order valence-corrected chi connectivity index (χ1v) is 7.39. The molecule has 1 aliphatic rings. The zero-order chi connectivity index (χ0) is 13.8. The molecule has 104 valence electrons. The molecular weight excluding hydrogens is 262 g/mol. The molecule has 19 heavy (non-hydrogen) atoms. The van der Waals surface area contributed by atoms with Crippen LogP contribution in [-0.4, -0.2) is 24.9 Å². The first-order valence-electron chi connectivity index (χ1n) is 6.57. The number of hydrogen-bond acceptors (Lipinski definition) is 4. The van der Waals surface area contributed by atoms with Gasteiger partial charge < -0.3 is 16.4 Å². The monoisotopic (exact) mass is 281 g/mol. The predicted octanol–water partition coefficient (Wildman–Crippen LogP) is 1.35. The van der Waals surface area contributed by atoms with Gasteiger partial charge in [-0.3, -0.25) is 9.59 Å². The van der Waals surface area contributed by atoms with Crippen LogP contribution in [0.4, 0.5) is 5.00 Å². The Bertz CT molecular complexity index is 480.